The predicted molar refractivity (Wildman–Crippen MR) is 84.8 cm³/mol. The maximum atomic E-state index is 11.9. The number of carbonyl (C=O) groups excluding carboxylic acids is 1. The maximum absolute atomic E-state index is 11.9. The lowest BCUT2D eigenvalue weighted by Crippen LogP contribution is -2.44. The van der Waals surface area contributed by atoms with Crippen molar-refractivity contribution in [3.05, 3.63) is 39.7 Å². The number of amides is 2. The van der Waals surface area contributed by atoms with Gasteiger partial charge in [0.25, 0.3) is 0 Å². The van der Waals surface area contributed by atoms with Crippen LogP contribution in [0.5, 0.6) is 0 Å². The van der Waals surface area contributed by atoms with Crippen LogP contribution in [-0.4, -0.2) is 22.7 Å². The number of hydrogen-bond donors (Lipinski definition) is 3. The Morgan fingerprint density at radius 3 is 2.77 bits per heavy atom. The van der Waals surface area contributed by atoms with Crippen molar-refractivity contribution in [2.45, 2.75) is 39.3 Å². The molecule has 0 aliphatic heterocycles. The van der Waals surface area contributed by atoms with E-state index in [0.717, 1.165) is 9.88 Å². The number of nitrogens with zero attached hydrogens (tertiary/aromatic N) is 1. The van der Waals surface area contributed by atoms with Crippen LogP contribution in [0.25, 0.3) is 0 Å². The van der Waals surface area contributed by atoms with Gasteiger partial charge in [-0.2, -0.15) is 0 Å². The summed E-state index contributed by atoms with van der Waals surface area (Å²) in [5.41, 5.74) is -1.26. The molecule has 120 valence electrons. The minimum atomic E-state index is -1.26. The van der Waals surface area contributed by atoms with Crippen molar-refractivity contribution < 1.29 is 14.3 Å². The van der Waals surface area contributed by atoms with Gasteiger partial charge in [0.1, 0.15) is 22.1 Å². The molecule has 0 aromatic carbocycles. The second-order valence-corrected chi connectivity index (χ2v) is 6.81. The van der Waals surface area contributed by atoms with Gasteiger partial charge in [0, 0.05) is 11.1 Å². The highest BCUT2D eigenvalue weighted by atomic mass is 32.1. The highest BCUT2D eigenvalue weighted by Crippen LogP contribution is 2.22. The number of carbonyl (C=O) groups is 1. The molecule has 0 fully saturated rings. The molecule has 2 amide bonds. The third-order valence-electron chi connectivity index (χ3n) is 3.22. The molecule has 7 heteroatoms. The van der Waals surface area contributed by atoms with E-state index in [1.54, 1.807) is 43.5 Å². The number of thiazole rings is 1. The van der Waals surface area contributed by atoms with Crippen molar-refractivity contribution >= 4 is 17.4 Å². The van der Waals surface area contributed by atoms with Crippen molar-refractivity contribution in [1.82, 2.24) is 15.6 Å². The zero-order valence-electron chi connectivity index (χ0n) is 13.1. The average Bonchev–Trinajstić information content (AvgIpc) is 3.05. The molecule has 0 bridgehead atoms. The molecular formula is C15H21N3O3S. The number of urea groups is 1. The second kappa shape index (κ2) is 6.50. The lowest BCUT2D eigenvalue weighted by molar-refractivity contribution is 0.0359. The molecule has 0 saturated carbocycles. The summed E-state index contributed by atoms with van der Waals surface area (Å²) in [6.45, 7) is 7.29. The van der Waals surface area contributed by atoms with Gasteiger partial charge >= 0.3 is 6.03 Å². The van der Waals surface area contributed by atoms with Gasteiger partial charge in [-0.3, -0.25) is 0 Å². The maximum Gasteiger partial charge on any atom is 0.315 e. The van der Waals surface area contributed by atoms with Crippen molar-refractivity contribution in [2.24, 2.45) is 0 Å². The minimum Gasteiger partial charge on any atom is -0.463 e. The smallest absolute Gasteiger partial charge is 0.315 e. The standard InChI is InChI=1S/C15H21N3O3S/c1-9-5-6-12(21-9)15(4,20)8-17-14(19)18-11(3)13-16-7-10(2)22-13/h5-7,11,20H,8H2,1-4H3,(H2,17,18,19). The van der Waals surface area contributed by atoms with Crippen LogP contribution in [0, 0.1) is 13.8 Å². The van der Waals surface area contributed by atoms with Crippen molar-refractivity contribution in [3.8, 4) is 0 Å². The summed E-state index contributed by atoms with van der Waals surface area (Å²) in [5.74, 6) is 1.14. The fraction of sp³-hybridized carbons (Fsp3) is 0.467. The van der Waals surface area contributed by atoms with E-state index in [4.69, 9.17) is 4.42 Å². The Morgan fingerprint density at radius 1 is 1.50 bits per heavy atom. The summed E-state index contributed by atoms with van der Waals surface area (Å²) < 4.78 is 5.40. The Labute approximate surface area is 133 Å². The van der Waals surface area contributed by atoms with Crippen LogP contribution in [-0.2, 0) is 5.60 Å². The van der Waals surface area contributed by atoms with Crippen molar-refractivity contribution in [3.63, 3.8) is 0 Å². The molecule has 0 aliphatic carbocycles. The Balaban J connectivity index is 1.87. The van der Waals surface area contributed by atoms with E-state index in [1.165, 1.54) is 0 Å². The molecule has 3 N–H and O–H groups in total. The Bertz CT molecular complexity index is 648. The molecule has 0 aliphatic rings. The van der Waals surface area contributed by atoms with Crippen LogP contribution in [0.3, 0.4) is 0 Å². The van der Waals surface area contributed by atoms with E-state index in [0.29, 0.717) is 11.5 Å². The molecular weight excluding hydrogens is 302 g/mol. The van der Waals surface area contributed by atoms with Gasteiger partial charge in [0.2, 0.25) is 0 Å². The molecule has 2 heterocycles. The molecule has 2 atom stereocenters. The van der Waals surface area contributed by atoms with Gasteiger partial charge in [-0.1, -0.05) is 0 Å². The first-order valence-electron chi connectivity index (χ1n) is 7.04. The number of nitrogens with one attached hydrogen (secondary N) is 2. The van der Waals surface area contributed by atoms with Crippen LogP contribution in [0.4, 0.5) is 4.79 Å². The van der Waals surface area contributed by atoms with Crippen LogP contribution < -0.4 is 10.6 Å². The number of rotatable bonds is 5. The van der Waals surface area contributed by atoms with Crippen LogP contribution in [0.1, 0.15) is 41.3 Å². The lowest BCUT2D eigenvalue weighted by Gasteiger charge is -2.22. The van der Waals surface area contributed by atoms with Crippen molar-refractivity contribution in [2.75, 3.05) is 6.54 Å². The highest BCUT2D eigenvalue weighted by molar-refractivity contribution is 7.11. The first-order valence-corrected chi connectivity index (χ1v) is 7.85. The molecule has 22 heavy (non-hydrogen) atoms. The monoisotopic (exact) mass is 323 g/mol. The topological polar surface area (TPSA) is 87.4 Å². The van der Waals surface area contributed by atoms with E-state index >= 15 is 0 Å². The SMILES string of the molecule is Cc1ccc(C(C)(O)CNC(=O)NC(C)c2ncc(C)s2)o1. The molecule has 2 aromatic heterocycles. The number of furan rings is 1. The number of hydrogen-bond acceptors (Lipinski definition) is 5. The quantitative estimate of drug-likeness (QED) is 0.789. The molecule has 0 saturated heterocycles. The first-order chi connectivity index (χ1) is 10.3. The molecule has 0 spiro atoms. The Hall–Kier alpha value is -1.86. The summed E-state index contributed by atoms with van der Waals surface area (Å²) in [6, 6.07) is 2.94. The minimum absolute atomic E-state index is 0.0510. The average molecular weight is 323 g/mol. The molecule has 6 nitrogen and oxygen atoms in total. The van der Waals surface area contributed by atoms with Gasteiger partial charge in [-0.15, -0.1) is 11.3 Å². The zero-order valence-corrected chi connectivity index (χ0v) is 14.0. The van der Waals surface area contributed by atoms with Crippen molar-refractivity contribution in [1.29, 1.82) is 0 Å². The second-order valence-electron chi connectivity index (χ2n) is 5.54. The third kappa shape index (κ3) is 4.08. The van der Waals surface area contributed by atoms with Gasteiger partial charge < -0.3 is 20.2 Å². The van der Waals surface area contributed by atoms with Gasteiger partial charge in [-0.05, 0) is 39.8 Å². The molecule has 2 rings (SSSR count). The van der Waals surface area contributed by atoms with Gasteiger partial charge in [0.05, 0.1) is 12.6 Å². The normalized spacial score (nSPS) is 15.1. The molecule has 0 radical (unpaired) electrons. The van der Waals surface area contributed by atoms with E-state index in [2.05, 4.69) is 15.6 Å². The summed E-state index contributed by atoms with van der Waals surface area (Å²) >= 11 is 1.54. The summed E-state index contributed by atoms with van der Waals surface area (Å²) in [4.78, 5) is 17.3. The Morgan fingerprint density at radius 2 is 2.23 bits per heavy atom. The summed E-state index contributed by atoms with van der Waals surface area (Å²) in [5, 5.41) is 16.7. The first kappa shape index (κ1) is 16.5. The van der Waals surface area contributed by atoms with E-state index in [-0.39, 0.29) is 18.6 Å². The fourth-order valence-corrected chi connectivity index (χ4v) is 2.72. The van der Waals surface area contributed by atoms with Crippen LogP contribution >= 0.6 is 11.3 Å². The highest BCUT2D eigenvalue weighted by Gasteiger charge is 2.27. The third-order valence-corrected chi connectivity index (χ3v) is 4.32. The van der Waals surface area contributed by atoms with Crippen LogP contribution in [0.2, 0.25) is 0 Å². The molecule has 2 unspecified atom stereocenters. The number of aliphatic hydroxyl groups is 1. The summed E-state index contributed by atoms with van der Waals surface area (Å²) in [7, 11) is 0. The summed E-state index contributed by atoms with van der Waals surface area (Å²) in [6.07, 6.45) is 1.78. The van der Waals surface area contributed by atoms with E-state index < -0.39 is 5.60 Å². The molecule has 2 aromatic rings. The zero-order chi connectivity index (χ0) is 16.3. The predicted octanol–water partition coefficient (Wildman–Crippen LogP) is 2.62. The lowest BCUT2D eigenvalue weighted by atomic mass is 10.0. The Kier molecular flexibility index (Phi) is 4.87. The fourth-order valence-electron chi connectivity index (χ4n) is 1.95. The van der Waals surface area contributed by atoms with Crippen LogP contribution in [0.15, 0.2) is 22.7 Å². The van der Waals surface area contributed by atoms with E-state index in [9.17, 15) is 9.90 Å². The van der Waals surface area contributed by atoms with E-state index in [1.807, 2.05) is 13.8 Å². The van der Waals surface area contributed by atoms with Gasteiger partial charge in [0.15, 0.2) is 0 Å². The number of aromatic nitrogens is 1. The number of aryl methyl sites for hydroxylation is 2. The largest absolute Gasteiger partial charge is 0.463 e. The van der Waals surface area contributed by atoms with Gasteiger partial charge in [-0.25, -0.2) is 9.78 Å².